The van der Waals surface area contributed by atoms with E-state index in [4.69, 9.17) is 9.72 Å². The molecule has 1 aliphatic heterocycles. The maximum Gasteiger partial charge on any atom is 0.0827 e. The number of fused-ring (bicyclic) bond motifs is 1. The number of aromatic nitrogens is 1. The van der Waals surface area contributed by atoms with Crippen LogP contribution in [0.4, 0.5) is 5.69 Å². The van der Waals surface area contributed by atoms with Crippen LogP contribution in [0.25, 0.3) is 22.3 Å². The second kappa shape index (κ2) is 10.1. The summed E-state index contributed by atoms with van der Waals surface area (Å²) in [7, 11) is 0. The standard InChI is InChI=1S/C34H38N2O/c1-23-12-14-28(15-13-23)33-30-22-36(29-18-16-27(17-19-29)26-10-8-7-9-11-26)21-20-31(30)35-24(2)32(33)25(3)37-34(4,5)6/h7-19,25H,20-22H2,1-6H3. The lowest BCUT2D eigenvalue weighted by Crippen LogP contribution is -2.32. The normalized spacial score (nSPS) is 14.4. The molecule has 0 bridgehead atoms. The highest BCUT2D eigenvalue weighted by Gasteiger charge is 2.29. The summed E-state index contributed by atoms with van der Waals surface area (Å²) in [6.07, 6.45) is 0.874. The Kier molecular flexibility index (Phi) is 6.92. The number of nitrogens with zero attached hydrogens (tertiary/aromatic N) is 2. The number of anilines is 1. The first-order chi connectivity index (χ1) is 17.7. The average Bonchev–Trinajstić information content (AvgIpc) is 2.88. The fourth-order valence-corrected chi connectivity index (χ4v) is 5.56. The first kappa shape index (κ1) is 25.2. The molecule has 2 heterocycles. The minimum atomic E-state index is -0.237. The van der Waals surface area contributed by atoms with E-state index in [0.717, 1.165) is 25.2 Å². The molecule has 0 amide bonds. The van der Waals surface area contributed by atoms with Gasteiger partial charge in [-0.15, -0.1) is 0 Å². The van der Waals surface area contributed by atoms with Gasteiger partial charge in [-0.25, -0.2) is 0 Å². The summed E-state index contributed by atoms with van der Waals surface area (Å²) in [5, 5.41) is 0. The number of aryl methyl sites for hydroxylation is 2. The summed E-state index contributed by atoms with van der Waals surface area (Å²) in [5.74, 6) is 0. The number of pyridine rings is 1. The maximum atomic E-state index is 6.49. The van der Waals surface area contributed by atoms with Gasteiger partial charge in [-0.3, -0.25) is 4.98 Å². The molecule has 1 aliphatic rings. The van der Waals surface area contributed by atoms with Gasteiger partial charge < -0.3 is 9.64 Å². The van der Waals surface area contributed by atoms with Crippen LogP contribution < -0.4 is 4.90 Å². The zero-order valence-corrected chi connectivity index (χ0v) is 23.0. The van der Waals surface area contributed by atoms with Gasteiger partial charge in [0.25, 0.3) is 0 Å². The Morgan fingerprint density at radius 3 is 2.08 bits per heavy atom. The largest absolute Gasteiger partial charge is 0.368 e. The van der Waals surface area contributed by atoms with Gasteiger partial charge in [-0.2, -0.15) is 0 Å². The number of ether oxygens (including phenoxy) is 1. The van der Waals surface area contributed by atoms with E-state index in [-0.39, 0.29) is 11.7 Å². The zero-order valence-electron chi connectivity index (χ0n) is 23.0. The number of hydrogen-bond acceptors (Lipinski definition) is 3. The number of benzene rings is 3. The molecule has 1 atom stereocenters. The Bertz CT molecular complexity index is 1370. The Morgan fingerprint density at radius 2 is 1.43 bits per heavy atom. The zero-order chi connectivity index (χ0) is 26.2. The quantitative estimate of drug-likeness (QED) is 0.280. The van der Waals surface area contributed by atoms with Gasteiger partial charge in [0, 0.05) is 47.7 Å². The maximum absolute atomic E-state index is 6.49. The molecule has 1 unspecified atom stereocenters. The van der Waals surface area contributed by atoms with Crippen LogP contribution in [-0.2, 0) is 17.7 Å². The molecule has 5 rings (SSSR count). The van der Waals surface area contributed by atoms with Gasteiger partial charge in [-0.05, 0) is 75.9 Å². The van der Waals surface area contributed by atoms with E-state index in [2.05, 4.69) is 125 Å². The van der Waals surface area contributed by atoms with Gasteiger partial charge >= 0.3 is 0 Å². The Hall–Kier alpha value is -3.43. The molecule has 0 saturated heterocycles. The number of rotatable bonds is 5. The first-order valence-electron chi connectivity index (χ1n) is 13.4. The van der Waals surface area contributed by atoms with Gasteiger partial charge in [0.15, 0.2) is 0 Å². The van der Waals surface area contributed by atoms with Crippen LogP contribution in [0, 0.1) is 13.8 Å². The predicted molar refractivity (Wildman–Crippen MR) is 155 cm³/mol. The fourth-order valence-electron chi connectivity index (χ4n) is 5.56. The molecule has 0 N–H and O–H groups in total. The third-order valence-corrected chi connectivity index (χ3v) is 7.20. The summed E-state index contributed by atoms with van der Waals surface area (Å²) < 4.78 is 6.49. The lowest BCUT2D eigenvalue weighted by molar-refractivity contribution is -0.0531. The van der Waals surface area contributed by atoms with Gasteiger partial charge in [-0.1, -0.05) is 72.3 Å². The summed E-state index contributed by atoms with van der Waals surface area (Å²) in [4.78, 5) is 7.63. The lowest BCUT2D eigenvalue weighted by Gasteiger charge is -2.35. The fraction of sp³-hybridized carbons (Fsp3) is 0.324. The van der Waals surface area contributed by atoms with Crippen molar-refractivity contribution in [3.05, 3.63) is 107 Å². The van der Waals surface area contributed by atoms with Crippen LogP contribution in [-0.4, -0.2) is 17.1 Å². The van der Waals surface area contributed by atoms with Crippen molar-refractivity contribution in [3.63, 3.8) is 0 Å². The molecule has 0 radical (unpaired) electrons. The van der Waals surface area contributed by atoms with Crippen molar-refractivity contribution in [2.24, 2.45) is 0 Å². The smallest absolute Gasteiger partial charge is 0.0827 e. The minimum Gasteiger partial charge on any atom is -0.368 e. The van der Waals surface area contributed by atoms with E-state index >= 15 is 0 Å². The Balaban J connectivity index is 1.56. The highest BCUT2D eigenvalue weighted by atomic mass is 16.5. The monoisotopic (exact) mass is 490 g/mol. The van der Waals surface area contributed by atoms with Crippen molar-refractivity contribution in [2.75, 3.05) is 11.4 Å². The van der Waals surface area contributed by atoms with Crippen LogP contribution in [0.1, 0.15) is 61.9 Å². The molecule has 0 saturated carbocycles. The second-order valence-corrected chi connectivity index (χ2v) is 11.2. The van der Waals surface area contributed by atoms with Crippen LogP contribution in [0.15, 0.2) is 78.9 Å². The van der Waals surface area contributed by atoms with Crippen LogP contribution >= 0.6 is 0 Å². The molecule has 0 spiro atoms. The third kappa shape index (κ3) is 5.47. The average molecular weight is 491 g/mol. The summed E-state index contributed by atoms with van der Waals surface area (Å²) in [6, 6.07) is 28.5. The third-order valence-electron chi connectivity index (χ3n) is 7.20. The molecular weight excluding hydrogens is 452 g/mol. The molecule has 3 aromatic carbocycles. The molecule has 190 valence electrons. The summed E-state index contributed by atoms with van der Waals surface area (Å²) in [6.45, 7) is 14.6. The van der Waals surface area contributed by atoms with Crippen LogP contribution in [0.2, 0.25) is 0 Å². The van der Waals surface area contributed by atoms with E-state index in [9.17, 15) is 0 Å². The lowest BCUT2D eigenvalue weighted by atomic mass is 9.87. The molecule has 0 fully saturated rings. The summed E-state index contributed by atoms with van der Waals surface area (Å²) >= 11 is 0. The molecule has 37 heavy (non-hydrogen) atoms. The molecule has 3 nitrogen and oxygen atoms in total. The van der Waals surface area contributed by atoms with E-state index in [1.54, 1.807) is 0 Å². The molecule has 0 aliphatic carbocycles. The first-order valence-corrected chi connectivity index (χ1v) is 13.4. The van der Waals surface area contributed by atoms with Crippen molar-refractivity contribution in [3.8, 4) is 22.3 Å². The molecular formula is C34H38N2O. The van der Waals surface area contributed by atoms with Crippen LogP contribution in [0.5, 0.6) is 0 Å². The minimum absolute atomic E-state index is 0.0605. The van der Waals surface area contributed by atoms with E-state index in [1.807, 2.05) is 0 Å². The number of hydrogen-bond donors (Lipinski definition) is 0. The molecule has 3 heteroatoms. The topological polar surface area (TPSA) is 25.4 Å². The van der Waals surface area contributed by atoms with Crippen molar-refractivity contribution in [1.82, 2.24) is 4.98 Å². The van der Waals surface area contributed by atoms with E-state index < -0.39 is 0 Å². The summed E-state index contributed by atoms with van der Waals surface area (Å²) in [5.41, 5.74) is 12.1. The van der Waals surface area contributed by atoms with E-state index in [1.165, 1.54) is 50.3 Å². The van der Waals surface area contributed by atoms with Gasteiger partial charge in [0.1, 0.15) is 0 Å². The predicted octanol–water partition coefficient (Wildman–Crippen LogP) is 8.47. The van der Waals surface area contributed by atoms with Gasteiger partial charge in [0.05, 0.1) is 11.7 Å². The molecule has 4 aromatic rings. The molecule has 1 aromatic heterocycles. The van der Waals surface area contributed by atoms with Crippen molar-refractivity contribution >= 4 is 5.69 Å². The van der Waals surface area contributed by atoms with Crippen LogP contribution in [0.3, 0.4) is 0 Å². The highest BCUT2D eigenvalue weighted by molar-refractivity contribution is 5.75. The second-order valence-electron chi connectivity index (χ2n) is 11.2. The van der Waals surface area contributed by atoms with Crippen molar-refractivity contribution in [2.45, 2.75) is 66.2 Å². The van der Waals surface area contributed by atoms with E-state index in [0.29, 0.717) is 0 Å². The Morgan fingerprint density at radius 1 is 0.811 bits per heavy atom. The van der Waals surface area contributed by atoms with Crippen molar-refractivity contribution in [1.29, 1.82) is 0 Å². The van der Waals surface area contributed by atoms with Gasteiger partial charge in [0.2, 0.25) is 0 Å². The highest BCUT2D eigenvalue weighted by Crippen LogP contribution is 2.40. The Labute approximate surface area is 222 Å². The SMILES string of the molecule is Cc1ccc(-c2c3c(nc(C)c2C(C)OC(C)(C)C)CCN(c2ccc(-c4ccccc4)cc2)C3)cc1. The van der Waals surface area contributed by atoms with Crippen molar-refractivity contribution < 1.29 is 4.74 Å².